The minimum atomic E-state index is -0.212. The molecular formula is C16H29BO2. The molecule has 2 aliphatic rings. The fourth-order valence-electron chi connectivity index (χ4n) is 3.06. The van der Waals surface area contributed by atoms with Crippen molar-refractivity contribution in [2.45, 2.75) is 90.2 Å². The van der Waals surface area contributed by atoms with Gasteiger partial charge in [0.1, 0.15) is 0 Å². The van der Waals surface area contributed by atoms with Gasteiger partial charge in [-0.3, -0.25) is 0 Å². The van der Waals surface area contributed by atoms with Gasteiger partial charge < -0.3 is 9.31 Å². The Kier molecular flexibility index (Phi) is 4.47. The minimum Gasteiger partial charge on any atom is -0.403 e. The van der Waals surface area contributed by atoms with E-state index in [1.54, 1.807) is 5.57 Å². The van der Waals surface area contributed by atoms with Crippen molar-refractivity contribution in [2.24, 2.45) is 0 Å². The zero-order chi connectivity index (χ0) is 14.1. The van der Waals surface area contributed by atoms with Crippen molar-refractivity contribution >= 4 is 7.12 Å². The molecule has 19 heavy (non-hydrogen) atoms. The topological polar surface area (TPSA) is 18.5 Å². The third-order valence-electron chi connectivity index (χ3n) is 5.09. The van der Waals surface area contributed by atoms with Crippen LogP contribution in [-0.2, 0) is 9.31 Å². The molecule has 1 unspecified atom stereocenters. The molecule has 0 aromatic rings. The summed E-state index contributed by atoms with van der Waals surface area (Å²) in [7, 11) is -0.0700. The molecule has 0 bridgehead atoms. The van der Waals surface area contributed by atoms with E-state index in [-0.39, 0.29) is 18.3 Å². The van der Waals surface area contributed by atoms with Crippen molar-refractivity contribution in [1.29, 1.82) is 0 Å². The second-order valence-electron chi connectivity index (χ2n) is 7.02. The van der Waals surface area contributed by atoms with Gasteiger partial charge in [0.25, 0.3) is 0 Å². The fourth-order valence-corrected chi connectivity index (χ4v) is 3.06. The van der Waals surface area contributed by atoms with Gasteiger partial charge in [-0.2, -0.15) is 0 Å². The molecule has 0 saturated carbocycles. The predicted molar refractivity (Wildman–Crippen MR) is 81.3 cm³/mol. The van der Waals surface area contributed by atoms with Crippen LogP contribution in [0.3, 0.4) is 0 Å². The molecule has 1 atom stereocenters. The van der Waals surface area contributed by atoms with Crippen LogP contribution in [0.2, 0.25) is 5.82 Å². The molecule has 2 rings (SSSR count). The Morgan fingerprint density at radius 1 is 1.11 bits per heavy atom. The normalized spacial score (nSPS) is 27.8. The van der Waals surface area contributed by atoms with E-state index in [9.17, 15) is 0 Å². The number of rotatable bonds is 3. The lowest BCUT2D eigenvalue weighted by Crippen LogP contribution is -2.41. The summed E-state index contributed by atoms with van der Waals surface area (Å²) in [5, 5.41) is 0. The largest absolute Gasteiger partial charge is 0.465 e. The molecular weight excluding hydrogens is 235 g/mol. The first-order chi connectivity index (χ1) is 8.87. The third kappa shape index (κ3) is 3.08. The van der Waals surface area contributed by atoms with Gasteiger partial charge in [-0.1, -0.05) is 31.4 Å². The van der Waals surface area contributed by atoms with E-state index in [2.05, 4.69) is 40.7 Å². The molecule has 108 valence electrons. The maximum absolute atomic E-state index is 6.25. The average Bonchev–Trinajstić information content (AvgIpc) is 2.51. The van der Waals surface area contributed by atoms with Crippen molar-refractivity contribution in [3.05, 3.63) is 11.6 Å². The van der Waals surface area contributed by atoms with E-state index in [0.717, 1.165) is 6.42 Å². The molecule has 1 saturated heterocycles. The lowest BCUT2D eigenvalue weighted by atomic mass is 9.65. The molecule has 3 heteroatoms. The van der Waals surface area contributed by atoms with Crippen molar-refractivity contribution in [1.82, 2.24) is 0 Å². The maximum atomic E-state index is 6.25. The van der Waals surface area contributed by atoms with Crippen LogP contribution < -0.4 is 0 Å². The number of hydrogen-bond acceptors (Lipinski definition) is 2. The van der Waals surface area contributed by atoms with E-state index in [1.807, 2.05) is 0 Å². The highest BCUT2D eigenvalue weighted by Gasteiger charge is 2.53. The Balaban J connectivity index is 2.13. The fraction of sp³-hybridized carbons (Fsp3) is 0.875. The van der Waals surface area contributed by atoms with Crippen LogP contribution in [-0.4, -0.2) is 18.3 Å². The third-order valence-corrected chi connectivity index (χ3v) is 5.09. The van der Waals surface area contributed by atoms with Crippen LogP contribution in [0, 0.1) is 0 Å². The summed E-state index contributed by atoms with van der Waals surface area (Å²) in [5.74, 6) is 0.430. The molecule has 0 aromatic heterocycles. The van der Waals surface area contributed by atoms with Gasteiger partial charge in [-0.05, 0) is 53.4 Å². The van der Waals surface area contributed by atoms with E-state index < -0.39 is 0 Å². The number of hydrogen-bond donors (Lipinski definition) is 0. The first kappa shape index (κ1) is 15.1. The van der Waals surface area contributed by atoms with Gasteiger partial charge >= 0.3 is 7.12 Å². The Morgan fingerprint density at radius 2 is 1.74 bits per heavy atom. The Bertz CT molecular complexity index is 331. The maximum Gasteiger partial charge on any atom is 0.465 e. The summed E-state index contributed by atoms with van der Waals surface area (Å²) >= 11 is 0. The van der Waals surface area contributed by atoms with Crippen LogP contribution >= 0.6 is 0 Å². The highest BCUT2D eigenvalue weighted by molar-refractivity contribution is 6.48. The van der Waals surface area contributed by atoms with Crippen LogP contribution in [0.1, 0.15) is 73.1 Å². The van der Waals surface area contributed by atoms with Gasteiger partial charge in [0, 0.05) is 5.82 Å². The van der Waals surface area contributed by atoms with E-state index >= 15 is 0 Å². The molecule has 1 aliphatic heterocycles. The summed E-state index contributed by atoms with van der Waals surface area (Å²) in [4.78, 5) is 0. The molecule has 0 N–H and O–H groups in total. The van der Waals surface area contributed by atoms with Crippen LogP contribution in [0.15, 0.2) is 11.6 Å². The smallest absolute Gasteiger partial charge is 0.403 e. The average molecular weight is 264 g/mol. The first-order valence-electron chi connectivity index (χ1n) is 7.92. The van der Waals surface area contributed by atoms with Crippen LogP contribution in [0.25, 0.3) is 0 Å². The first-order valence-corrected chi connectivity index (χ1v) is 7.92. The standard InChI is InChI=1S/C16H29BO2/c1-6-14(13-11-9-7-8-10-12-13)17-18-15(2,3)16(4,5)19-17/h11,14H,6-10,12H2,1-5H3. The molecule has 2 nitrogen and oxygen atoms in total. The molecule has 0 spiro atoms. The van der Waals surface area contributed by atoms with Gasteiger partial charge in [0.2, 0.25) is 0 Å². The lowest BCUT2D eigenvalue weighted by molar-refractivity contribution is 0.00578. The van der Waals surface area contributed by atoms with Crippen molar-refractivity contribution < 1.29 is 9.31 Å². The molecule has 1 fully saturated rings. The van der Waals surface area contributed by atoms with Crippen LogP contribution in [0.5, 0.6) is 0 Å². The zero-order valence-electron chi connectivity index (χ0n) is 13.3. The van der Waals surface area contributed by atoms with E-state index in [1.165, 1.54) is 32.1 Å². The number of allylic oxidation sites excluding steroid dienone is 2. The van der Waals surface area contributed by atoms with Crippen molar-refractivity contribution in [2.75, 3.05) is 0 Å². The van der Waals surface area contributed by atoms with Gasteiger partial charge in [-0.25, -0.2) is 0 Å². The second kappa shape index (κ2) is 5.61. The van der Waals surface area contributed by atoms with E-state index in [0.29, 0.717) is 5.82 Å². The van der Waals surface area contributed by atoms with Crippen molar-refractivity contribution in [3.63, 3.8) is 0 Å². The minimum absolute atomic E-state index is 0.0700. The molecule has 0 aromatic carbocycles. The van der Waals surface area contributed by atoms with Crippen molar-refractivity contribution in [3.8, 4) is 0 Å². The summed E-state index contributed by atoms with van der Waals surface area (Å²) in [5.41, 5.74) is 1.14. The van der Waals surface area contributed by atoms with Crippen LogP contribution in [0.4, 0.5) is 0 Å². The zero-order valence-corrected chi connectivity index (χ0v) is 13.3. The summed E-state index contributed by atoms with van der Waals surface area (Å²) in [6.07, 6.45) is 10.0. The SMILES string of the molecule is CCC(B1OC(C)(C)C(C)(C)O1)C1=CCCCCC1. The summed E-state index contributed by atoms with van der Waals surface area (Å²) in [6, 6.07) is 0. The molecule has 0 amide bonds. The lowest BCUT2D eigenvalue weighted by Gasteiger charge is -2.32. The molecule has 1 aliphatic carbocycles. The highest BCUT2D eigenvalue weighted by Crippen LogP contribution is 2.44. The molecule has 1 heterocycles. The summed E-state index contributed by atoms with van der Waals surface area (Å²) < 4.78 is 12.5. The second-order valence-corrected chi connectivity index (χ2v) is 7.02. The Morgan fingerprint density at radius 3 is 2.32 bits per heavy atom. The van der Waals surface area contributed by atoms with Gasteiger partial charge in [-0.15, -0.1) is 0 Å². The predicted octanol–water partition coefficient (Wildman–Crippen LogP) is 4.75. The highest BCUT2D eigenvalue weighted by atomic mass is 16.7. The van der Waals surface area contributed by atoms with Gasteiger partial charge in [0.15, 0.2) is 0 Å². The monoisotopic (exact) mass is 264 g/mol. The summed E-state index contributed by atoms with van der Waals surface area (Å²) in [6.45, 7) is 10.8. The quantitative estimate of drug-likeness (QED) is 0.541. The molecule has 0 radical (unpaired) electrons. The van der Waals surface area contributed by atoms with E-state index in [4.69, 9.17) is 9.31 Å². The van der Waals surface area contributed by atoms with Gasteiger partial charge in [0.05, 0.1) is 11.2 Å². The Hall–Kier alpha value is -0.275. The Labute approximate surface area is 119 Å².